The Morgan fingerprint density at radius 2 is 2.12 bits per heavy atom. The summed E-state index contributed by atoms with van der Waals surface area (Å²) < 4.78 is 5.89. The number of nitrogens with one attached hydrogen (secondary N) is 2. The number of likely N-dealkylation sites (tertiary alicyclic amines) is 1. The van der Waals surface area contributed by atoms with E-state index in [1.54, 1.807) is 0 Å². The lowest BCUT2D eigenvalue weighted by molar-refractivity contribution is -0.117. The van der Waals surface area contributed by atoms with Gasteiger partial charge in [-0.1, -0.05) is 0 Å². The Bertz CT molecular complexity index is 541. The van der Waals surface area contributed by atoms with Gasteiger partial charge in [-0.2, -0.15) is 0 Å². The third kappa shape index (κ3) is 5.10. The number of rotatable bonds is 6. The van der Waals surface area contributed by atoms with Crippen LogP contribution in [0.4, 0.5) is 5.69 Å². The van der Waals surface area contributed by atoms with Gasteiger partial charge in [0.1, 0.15) is 12.4 Å². The highest BCUT2D eigenvalue weighted by Crippen LogP contribution is 2.22. The zero-order chi connectivity index (χ0) is 16.1. The molecule has 0 spiro atoms. The fourth-order valence-corrected chi connectivity index (χ4v) is 3.32. The molecular formula is C18H28ClN3O2. The molecular weight excluding hydrogens is 326 g/mol. The van der Waals surface area contributed by atoms with Crippen molar-refractivity contribution in [1.82, 2.24) is 10.2 Å². The highest BCUT2D eigenvalue weighted by Gasteiger charge is 2.22. The van der Waals surface area contributed by atoms with Gasteiger partial charge in [0, 0.05) is 12.2 Å². The van der Waals surface area contributed by atoms with Crippen molar-refractivity contribution in [3.8, 4) is 5.75 Å². The SMILES string of the molecule is Cc1cc(NC(=O)C2CCCN2)ccc1OCCN1CCCC1.Cl. The molecule has 1 aromatic carbocycles. The number of carbonyl (C=O) groups excluding carboxylic acids is 1. The second-order valence-electron chi connectivity index (χ2n) is 6.52. The maximum Gasteiger partial charge on any atom is 0.241 e. The maximum absolute atomic E-state index is 12.1. The molecule has 0 radical (unpaired) electrons. The van der Waals surface area contributed by atoms with Crippen LogP contribution < -0.4 is 15.4 Å². The Morgan fingerprint density at radius 3 is 2.79 bits per heavy atom. The van der Waals surface area contributed by atoms with E-state index < -0.39 is 0 Å². The molecule has 1 unspecified atom stereocenters. The Balaban J connectivity index is 0.00000208. The average Bonchev–Trinajstić information content (AvgIpc) is 3.22. The van der Waals surface area contributed by atoms with Crippen molar-refractivity contribution >= 4 is 24.0 Å². The van der Waals surface area contributed by atoms with Crippen LogP contribution in [0.2, 0.25) is 0 Å². The number of amides is 1. The van der Waals surface area contributed by atoms with E-state index in [1.165, 1.54) is 25.9 Å². The van der Waals surface area contributed by atoms with Crippen LogP contribution in [-0.2, 0) is 4.79 Å². The van der Waals surface area contributed by atoms with Crippen molar-refractivity contribution in [2.24, 2.45) is 0 Å². The zero-order valence-electron chi connectivity index (χ0n) is 14.3. The van der Waals surface area contributed by atoms with Crippen molar-refractivity contribution in [3.05, 3.63) is 23.8 Å². The molecule has 0 aliphatic carbocycles. The number of anilines is 1. The van der Waals surface area contributed by atoms with Gasteiger partial charge >= 0.3 is 0 Å². The summed E-state index contributed by atoms with van der Waals surface area (Å²) in [4.78, 5) is 14.6. The smallest absolute Gasteiger partial charge is 0.241 e. The standard InChI is InChI=1S/C18H27N3O2.ClH/c1-14-13-15(20-18(22)16-5-4-8-19-16)6-7-17(14)23-12-11-21-9-2-3-10-21;/h6-7,13,16,19H,2-5,8-12H2,1H3,(H,20,22);1H. The summed E-state index contributed by atoms with van der Waals surface area (Å²) in [5.74, 6) is 0.964. The van der Waals surface area contributed by atoms with Gasteiger partial charge in [-0.3, -0.25) is 9.69 Å². The van der Waals surface area contributed by atoms with Crippen LogP contribution in [0, 0.1) is 6.92 Å². The molecule has 2 aliphatic rings. The van der Waals surface area contributed by atoms with E-state index in [4.69, 9.17) is 4.74 Å². The minimum atomic E-state index is -0.0494. The van der Waals surface area contributed by atoms with Crippen molar-refractivity contribution in [2.45, 2.75) is 38.6 Å². The van der Waals surface area contributed by atoms with E-state index >= 15 is 0 Å². The van der Waals surface area contributed by atoms with Crippen molar-refractivity contribution in [2.75, 3.05) is 38.1 Å². The van der Waals surface area contributed by atoms with E-state index in [-0.39, 0.29) is 24.4 Å². The van der Waals surface area contributed by atoms with E-state index in [2.05, 4.69) is 15.5 Å². The van der Waals surface area contributed by atoms with E-state index in [9.17, 15) is 4.79 Å². The molecule has 2 heterocycles. The number of nitrogens with zero attached hydrogens (tertiary/aromatic N) is 1. The predicted molar refractivity (Wildman–Crippen MR) is 99.3 cm³/mol. The van der Waals surface area contributed by atoms with Gasteiger partial charge in [-0.25, -0.2) is 0 Å². The molecule has 0 aromatic heterocycles. The molecule has 2 aliphatic heterocycles. The predicted octanol–water partition coefficient (Wildman–Crippen LogP) is 2.58. The van der Waals surface area contributed by atoms with Gasteiger partial charge in [0.2, 0.25) is 5.91 Å². The molecule has 6 heteroatoms. The third-order valence-corrected chi connectivity index (χ3v) is 4.68. The van der Waals surface area contributed by atoms with Crippen molar-refractivity contribution in [3.63, 3.8) is 0 Å². The number of carbonyl (C=O) groups is 1. The minimum Gasteiger partial charge on any atom is -0.492 e. The number of hydrogen-bond acceptors (Lipinski definition) is 4. The van der Waals surface area contributed by atoms with Crippen LogP contribution in [0.1, 0.15) is 31.2 Å². The summed E-state index contributed by atoms with van der Waals surface area (Å²) in [5.41, 5.74) is 1.90. The molecule has 2 N–H and O–H groups in total. The topological polar surface area (TPSA) is 53.6 Å². The molecule has 24 heavy (non-hydrogen) atoms. The summed E-state index contributed by atoms with van der Waals surface area (Å²) in [6, 6.07) is 5.81. The average molecular weight is 354 g/mol. The quantitative estimate of drug-likeness (QED) is 0.825. The van der Waals surface area contributed by atoms with Crippen LogP contribution in [0.3, 0.4) is 0 Å². The summed E-state index contributed by atoms with van der Waals surface area (Å²) in [7, 11) is 0. The summed E-state index contributed by atoms with van der Waals surface area (Å²) in [5, 5.41) is 6.20. The van der Waals surface area contributed by atoms with Gasteiger partial charge in [0.25, 0.3) is 0 Å². The lowest BCUT2D eigenvalue weighted by Crippen LogP contribution is -2.35. The summed E-state index contributed by atoms with van der Waals surface area (Å²) >= 11 is 0. The first-order valence-corrected chi connectivity index (χ1v) is 8.72. The second-order valence-corrected chi connectivity index (χ2v) is 6.52. The van der Waals surface area contributed by atoms with Gasteiger partial charge in [-0.15, -0.1) is 12.4 Å². The highest BCUT2D eigenvalue weighted by molar-refractivity contribution is 5.95. The van der Waals surface area contributed by atoms with Crippen LogP contribution in [0.25, 0.3) is 0 Å². The number of ether oxygens (including phenoxy) is 1. The maximum atomic E-state index is 12.1. The summed E-state index contributed by atoms with van der Waals surface area (Å²) in [6.45, 7) is 7.06. The van der Waals surface area contributed by atoms with E-state index in [1.807, 2.05) is 25.1 Å². The lowest BCUT2D eigenvalue weighted by Gasteiger charge is -2.16. The Morgan fingerprint density at radius 1 is 1.33 bits per heavy atom. The molecule has 3 rings (SSSR count). The Hall–Kier alpha value is -1.30. The molecule has 2 fully saturated rings. The number of benzene rings is 1. The Kier molecular flexibility index (Phi) is 7.34. The number of hydrogen-bond donors (Lipinski definition) is 2. The third-order valence-electron chi connectivity index (χ3n) is 4.68. The van der Waals surface area contributed by atoms with E-state index in [0.717, 1.165) is 49.5 Å². The molecule has 0 bridgehead atoms. The van der Waals surface area contributed by atoms with Crippen LogP contribution in [-0.4, -0.2) is 49.6 Å². The molecule has 1 atom stereocenters. The first-order chi connectivity index (χ1) is 11.2. The fourth-order valence-electron chi connectivity index (χ4n) is 3.32. The number of aryl methyl sites for hydroxylation is 1. The molecule has 1 amide bonds. The van der Waals surface area contributed by atoms with Gasteiger partial charge < -0.3 is 15.4 Å². The van der Waals surface area contributed by atoms with Gasteiger partial charge in [0.05, 0.1) is 6.04 Å². The highest BCUT2D eigenvalue weighted by atomic mass is 35.5. The largest absolute Gasteiger partial charge is 0.492 e. The second kappa shape index (κ2) is 9.25. The molecule has 1 aromatic rings. The van der Waals surface area contributed by atoms with E-state index in [0.29, 0.717) is 0 Å². The van der Waals surface area contributed by atoms with Gasteiger partial charge in [-0.05, 0) is 76.0 Å². The first kappa shape index (κ1) is 19.0. The normalized spacial score (nSPS) is 20.6. The fraction of sp³-hybridized carbons (Fsp3) is 0.611. The van der Waals surface area contributed by atoms with Crippen molar-refractivity contribution < 1.29 is 9.53 Å². The molecule has 2 saturated heterocycles. The minimum absolute atomic E-state index is 0. The lowest BCUT2D eigenvalue weighted by atomic mass is 10.1. The molecule has 5 nitrogen and oxygen atoms in total. The molecule has 0 saturated carbocycles. The monoisotopic (exact) mass is 353 g/mol. The van der Waals surface area contributed by atoms with Crippen LogP contribution >= 0.6 is 12.4 Å². The van der Waals surface area contributed by atoms with Gasteiger partial charge in [0.15, 0.2) is 0 Å². The van der Waals surface area contributed by atoms with Crippen LogP contribution in [0.15, 0.2) is 18.2 Å². The number of halogens is 1. The van der Waals surface area contributed by atoms with Crippen molar-refractivity contribution in [1.29, 1.82) is 0 Å². The summed E-state index contributed by atoms with van der Waals surface area (Å²) in [6.07, 6.45) is 4.61. The van der Waals surface area contributed by atoms with Crippen LogP contribution in [0.5, 0.6) is 5.75 Å². The molecule has 134 valence electrons. The zero-order valence-corrected chi connectivity index (χ0v) is 15.2. The Labute approximate surface area is 150 Å². The first-order valence-electron chi connectivity index (χ1n) is 8.72.